The molecule has 36 heavy (non-hydrogen) atoms. The third-order valence-corrected chi connectivity index (χ3v) is 9.21. The molecule has 4 aromatic carbocycles. The van der Waals surface area contributed by atoms with Crippen molar-refractivity contribution in [3.8, 4) is 0 Å². The molecule has 0 aliphatic heterocycles. The van der Waals surface area contributed by atoms with E-state index in [0.717, 1.165) is 36.0 Å². The van der Waals surface area contributed by atoms with Crippen LogP contribution in [0.3, 0.4) is 0 Å². The number of hydrogen-bond acceptors (Lipinski definition) is 2. The van der Waals surface area contributed by atoms with Gasteiger partial charge in [0.2, 0.25) is 9.84 Å². The van der Waals surface area contributed by atoms with Gasteiger partial charge in [-0.25, -0.2) is 8.42 Å². The zero-order valence-electron chi connectivity index (χ0n) is 22.3. The Labute approximate surface area is 217 Å². The summed E-state index contributed by atoms with van der Waals surface area (Å²) < 4.78 is 26.4. The normalized spacial score (nSPS) is 11.6. The monoisotopic (exact) mass is 496 g/mol. The molecule has 0 aliphatic rings. The molecular formula is C33H36O2S. The lowest BCUT2D eigenvalue weighted by atomic mass is 9.94. The highest BCUT2D eigenvalue weighted by molar-refractivity contribution is 7.91. The Kier molecular flexibility index (Phi) is 7.51. The van der Waals surface area contributed by atoms with E-state index in [1.807, 2.05) is 39.0 Å². The van der Waals surface area contributed by atoms with Crippen molar-refractivity contribution in [1.29, 1.82) is 0 Å². The fourth-order valence-corrected chi connectivity index (χ4v) is 6.13. The standard InChI is InChI=1S/C33H36O2S/c1-22-7-9-28(17-24(22)3)21-29-10-11-30(26(5)18-29)12-13-31-14-16-33(20-27(31)6)36(34,35)32-15-8-23(2)25(4)19-32/h7-11,14-20H,12-13,21H2,1-6H3. The SMILES string of the molecule is Cc1ccc(Cc2ccc(CCc3ccc(S(=O)(=O)c4ccc(C)c(C)c4)cc3C)c(C)c2)cc1C. The second kappa shape index (κ2) is 10.4. The van der Waals surface area contributed by atoms with Gasteiger partial charge in [0.05, 0.1) is 9.79 Å². The lowest BCUT2D eigenvalue weighted by molar-refractivity contribution is 0.596. The summed E-state index contributed by atoms with van der Waals surface area (Å²) in [5.74, 6) is 0. The van der Waals surface area contributed by atoms with E-state index in [-0.39, 0.29) is 0 Å². The van der Waals surface area contributed by atoms with Gasteiger partial charge in [0.15, 0.2) is 0 Å². The van der Waals surface area contributed by atoms with E-state index in [0.29, 0.717) is 9.79 Å². The minimum absolute atomic E-state index is 0.356. The molecule has 4 aromatic rings. The minimum Gasteiger partial charge on any atom is -0.219 e. The van der Waals surface area contributed by atoms with Gasteiger partial charge in [-0.05, 0) is 141 Å². The molecule has 2 nitrogen and oxygen atoms in total. The van der Waals surface area contributed by atoms with Crippen LogP contribution in [0.5, 0.6) is 0 Å². The van der Waals surface area contributed by atoms with Crippen molar-refractivity contribution < 1.29 is 8.42 Å². The molecule has 0 atom stereocenters. The van der Waals surface area contributed by atoms with Crippen molar-refractivity contribution in [2.75, 3.05) is 0 Å². The summed E-state index contributed by atoms with van der Waals surface area (Å²) in [4.78, 5) is 0.716. The lowest BCUT2D eigenvalue weighted by Crippen LogP contribution is -2.05. The van der Waals surface area contributed by atoms with Crippen molar-refractivity contribution in [3.63, 3.8) is 0 Å². The Bertz CT molecular complexity index is 1530. The summed E-state index contributed by atoms with van der Waals surface area (Å²) in [5, 5.41) is 0. The summed E-state index contributed by atoms with van der Waals surface area (Å²) in [6.07, 6.45) is 2.75. The summed E-state index contributed by atoms with van der Waals surface area (Å²) in [5.41, 5.74) is 12.3. The van der Waals surface area contributed by atoms with Gasteiger partial charge in [-0.15, -0.1) is 0 Å². The first kappa shape index (κ1) is 25.9. The maximum Gasteiger partial charge on any atom is 0.206 e. The van der Waals surface area contributed by atoms with Gasteiger partial charge in [0, 0.05) is 0 Å². The highest BCUT2D eigenvalue weighted by Gasteiger charge is 2.19. The summed E-state index contributed by atoms with van der Waals surface area (Å²) in [6, 6.07) is 24.4. The van der Waals surface area contributed by atoms with Crippen LogP contribution >= 0.6 is 0 Å². The maximum absolute atomic E-state index is 13.2. The largest absolute Gasteiger partial charge is 0.219 e. The van der Waals surface area contributed by atoms with Crippen molar-refractivity contribution >= 4 is 9.84 Å². The maximum atomic E-state index is 13.2. The molecule has 0 aliphatic carbocycles. The Morgan fingerprint density at radius 2 is 0.889 bits per heavy atom. The predicted octanol–water partition coefficient (Wildman–Crippen LogP) is 7.75. The van der Waals surface area contributed by atoms with E-state index in [9.17, 15) is 8.42 Å². The minimum atomic E-state index is -3.53. The van der Waals surface area contributed by atoms with Crippen LogP contribution in [0.1, 0.15) is 55.6 Å². The molecule has 0 N–H and O–H groups in total. The second-order valence-electron chi connectivity index (χ2n) is 10.2. The number of hydrogen-bond donors (Lipinski definition) is 0. The zero-order valence-corrected chi connectivity index (χ0v) is 23.1. The van der Waals surface area contributed by atoms with Gasteiger partial charge in [0.1, 0.15) is 0 Å². The molecule has 3 heteroatoms. The quantitative estimate of drug-likeness (QED) is 0.262. The third kappa shape index (κ3) is 5.63. The number of sulfone groups is 1. The van der Waals surface area contributed by atoms with Gasteiger partial charge >= 0.3 is 0 Å². The number of aryl methyl sites for hydroxylation is 8. The van der Waals surface area contributed by atoms with Crippen LogP contribution in [-0.4, -0.2) is 8.42 Å². The second-order valence-corrected chi connectivity index (χ2v) is 12.1. The number of rotatable bonds is 7. The fraction of sp³-hybridized carbons (Fsp3) is 0.273. The van der Waals surface area contributed by atoms with Crippen LogP contribution in [0.25, 0.3) is 0 Å². The zero-order chi connectivity index (χ0) is 26.0. The van der Waals surface area contributed by atoms with E-state index in [1.54, 1.807) is 18.2 Å². The van der Waals surface area contributed by atoms with Crippen LogP contribution in [0.15, 0.2) is 82.6 Å². The molecule has 0 spiro atoms. The molecule has 186 valence electrons. The number of benzene rings is 4. The highest BCUT2D eigenvalue weighted by atomic mass is 32.2. The van der Waals surface area contributed by atoms with E-state index in [4.69, 9.17) is 0 Å². The smallest absolute Gasteiger partial charge is 0.206 e. The molecule has 0 unspecified atom stereocenters. The molecule has 0 heterocycles. The Hall–Kier alpha value is -3.17. The average molecular weight is 497 g/mol. The molecule has 0 saturated heterocycles. The van der Waals surface area contributed by atoms with E-state index in [1.165, 1.54) is 38.9 Å². The van der Waals surface area contributed by atoms with Crippen molar-refractivity contribution in [2.24, 2.45) is 0 Å². The Morgan fingerprint density at radius 3 is 1.42 bits per heavy atom. The van der Waals surface area contributed by atoms with E-state index in [2.05, 4.69) is 57.2 Å². The topological polar surface area (TPSA) is 34.1 Å². The molecule has 4 rings (SSSR count). The van der Waals surface area contributed by atoms with Gasteiger partial charge in [-0.1, -0.05) is 48.5 Å². The molecule has 0 aromatic heterocycles. The van der Waals surface area contributed by atoms with E-state index < -0.39 is 9.84 Å². The summed E-state index contributed by atoms with van der Waals surface area (Å²) >= 11 is 0. The van der Waals surface area contributed by atoms with Crippen LogP contribution in [-0.2, 0) is 29.1 Å². The fourth-order valence-electron chi connectivity index (χ4n) is 4.70. The first-order valence-corrected chi connectivity index (χ1v) is 14.1. The van der Waals surface area contributed by atoms with E-state index >= 15 is 0 Å². The van der Waals surface area contributed by atoms with Gasteiger partial charge in [-0.2, -0.15) is 0 Å². The van der Waals surface area contributed by atoms with Gasteiger partial charge in [0.25, 0.3) is 0 Å². The molecule has 0 amide bonds. The van der Waals surface area contributed by atoms with Gasteiger partial charge < -0.3 is 0 Å². The average Bonchev–Trinajstić information content (AvgIpc) is 2.83. The van der Waals surface area contributed by atoms with Crippen molar-refractivity contribution in [1.82, 2.24) is 0 Å². The first-order valence-electron chi connectivity index (χ1n) is 12.6. The third-order valence-electron chi connectivity index (χ3n) is 7.46. The van der Waals surface area contributed by atoms with Crippen LogP contribution < -0.4 is 0 Å². The molecule has 0 radical (unpaired) electrons. The Morgan fingerprint density at radius 1 is 0.472 bits per heavy atom. The highest BCUT2D eigenvalue weighted by Crippen LogP contribution is 2.26. The van der Waals surface area contributed by atoms with Crippen LogP contribution in [0.4, 0.5) is 0 Å². The summed E-state index contributed by atoms with van der Waals surface area (Å²) in [7, 11) is -3.53. The predicted molar refractivity (Wildman–Crippen MR) is 150 cm³/mol. The molecule has 0 saturated carbocycles. The summed E-state index contributed by atoms with van der Waals surface area (Å²) in [6.45, 7) is 12.4. The van der Waals surface area contributed by atoms with Crippen LogP contribution in [0, 0.1) is 41.5 Å². The molecule has 0 fully saturated rings. The molecule has 0 bridgehead atoms. The van der Waals surface area contributed by atoms with Crippen LogP contribution in [0.2, 0.25) is 0 Å². The first-order chi connectivity index (χ1) is 17.0. The Balaban J connectivity index is 1.46. The lowest BCUT2D eigenvalue weighted by Gasteiger charge is -2.13. The van der Waals surface area contributed by atoms with Crippen molar-refractivity contribution in [2.45, 2.75) is 70.6 Å². The van der Waals surface area contributed by atoms with Crippen molar-refractivity contribution in [3.05, 3.63) is 128 Å². The van der Waals surface area contributed by atoms with Gasteiger partial charge in [-0.3, -0.25) is 0 Å². The molecular weight excluding hydrogens is 460 g/mol.